The Morgan fingerprint density at radius 1 is 1.16 bits per heavy atom. The van der Waals surface area contributed by atoms with Gasteiger partial charge in [0.1, 0.15) is 0 Å². The van der Waals surface area contributed by atoms with E-state index in [1.165, 1.54) is 0 Å². The van der Waals surface area contributed by atoms with E-state index < -0.39 is 69.2 Å². The highest BCUT2D eigenvalue weighted by Crippen LogP contribution is 2.43. The fourth-order valence-corrected chi connectivity index (χ4v) is 4.12. The summed E-state index contributed by atoms with van der Waals surface area (Å²) >= 11 is 0. The molecule has 1 saturated heterocycles. The molecule has 0 spiro atoms. The second-order valence-corrected chi connectivity index (χ2v) is 7.90. The number of fused-ring (bicyclic) bond motifs is 1. The molecule has 11 nitrogen and oxygen atoms in total. The highest BCUT2D eigenvalue weighted by atomic mass is 32.2. The van der Waals surface area contributed by atoms with Gasteiger partial charge in [-0.1, -0.05) is 5.92 Å². The van der Waals surface area contributed by atoms with Gasteiger partial charge < -0.3 is 4.74 Å². The first kappa shape index (κ1) is 22.2. The number of urea groups is 2. The highest BCUT2D eigenvalue weighted by Gasteiger charge is 2.52. The summed E-state index contributed by atoms with van der Waals surface area (Å²) in [6.07, 6.45) is 0.763. The minimum Gasteiger partial charge on any atom is -0.423 e. The number of carbonyl (C=O) groups excluding carboxylic acids is 3. The largest absolute Gasteiger partial charge is 0.483 e. The zero-order valence-electron chi connectivity index (χ0n) is 15.7. The van der Waals surface area contributed by atoms with Crippen molar-refractivity contribution in [1.82, 2.24) is 9.80 Å². The van der Waals surface area contributed by atoms with Crippen molar-refractivity contribution < 1.29 is 45.3 Å². The minimum absolute atomic E-state index is 0.197. The SMILES string of the molecule is C#CCN1C(=O)C(F)(F)Oc2cc(F)c(N3C(=O)N(C)C(S(=O)(=O)O)N(C)C3=O)cc21. The Balaban J connectivity index is 2.15. The average Bonchev–Trinajstić information content (AvgIpc) is 2.64. The van der Waals surface area contributed by atoms with Crippen LogP contribution < -0.4 is 14.5 Å². The molecule has 0 aliphatic carbocycles. The fourth-order valence-electron chi connectivity index (χ4n) is 3.14. The Morgan fingerprint density at radius 2 is 1.71 bits per heavy atom. The van der Waals surface area contributed by atoms with Gasteiger partial charge >= 0.3 is 34.2 Å². The van der Waals surface area contributed by atoms with Gasteiger partial charge in [0.2, 0.25) is 5.50 Å². The molecule has 15 heteroatoms. The van der Waals surface area contributed by atoms with E-state index in [9.17, 15) is 40.5 Å². The average molecular weight is 462 g/mol. The molecule has 2 heterocycles. The molecule has 0 saturated carbocycles. The number of amides is 5. The molecule has 0 atom stereocenters. The molecular formula is C16H13F3N4O7S. The molecule has 0 radical (unpaired) electrons. The second kappa shape index (κ2) is 7.03. The number of imide groups is 1. The van der Waals surface area contributed by atoms with Gasteiger partial charge in [0.05, 0.1) is 17.9 Å². The smallest absolute Gasteiger partial charge is 0.423 e. The normalized spacial score (nSPS) is 19.3. The van der Waals surface area contributed by atoms with Crippen molar-refractivity contribution >= 4 is 39.5 Å². The maximum atomic E-state index is 14.7. The van der Waals surface area contributed by atoms with Crippen LogP contribution in [0, 0.1) is 18.2 Å². The van der Waals surface area contributed by atoms with E-state index in [2.05, 4.69) is 4.74 Å². The number of hydrogen-bond acceptors (Lipinski definition) is 6. The lowest BCUT2D eigenvalue weighted by Crippen LogP contribution is -2.66. The monoisotopic (exact) mass is 462 g/mol. The summed E-state index contributed by atoms with van der Waals surface area (Å²) in [5, 5.41) is 0. The summed E-state index contributed by atoms with van der Waals surface area (Å²) in [4.78, 5) is 38.7. The lowest BCUT2D eigenvalue weighted by molar-refractivity contribution is -0.192. The number of alkyl halides is 2. The molecule has 0 unspecified atom stereocenters. The van der Waals surface area contributed by atoms with Crippen LogP contribution in [0.15, 0.2) is 12.1 Å². The zero-order valence-corrected chi connectivity index (χ0v) is 16.6. The minimum atomic E-state index is -4.95. The van der Waals surface area contributed by atoms with Crippen LogP contribution in [0.5, 0.6) is 5.75 Å². The third-order valence-electron chi connectivity index (χ3n) is 4.46. The topological polar surface area (TPSA) is 128 Å². The number of anilines is 2. The van der Waals surface area contributed by atoms with Crippen molar-refractivity contribution in [3.63, 3.8) is 0 Å². The predicted molar refractivity (Wildman–Crippen MR) is 97.3 cm³/mol. The summed E-state index contributed by atoms with van der Waals surface area (Å²) in [6, 6.07) is -1.59. The molecule has 0 aromatic heterocycles. The summed E-state index contributed by atoms with van der Waals surface area (Å²) < 4.78 is 78.9. The van der Waals surface area contributed by atoms with Crippen LogP contribution in [0.1, 0.15) is 0 Å². The summed E-state index contributed by atoms with van der Waals surface area (Å²) in [7, 11) is -3.10. The molecule has 1 aromatic rings. The van der Waals surface area contributed by atoms with E-state index in [4.69, 9.17) is 6.42 Å². The Hall–Kier alpha value is -3.51. The quantitative estimate of drug-likeness (QED) is 0.522. The Labute approximate surface area is 173 Å². The first-order valence-corrected chi connectivity index (χ1v) is 9.68. The lowest BCUT2D eigenvalue weighted by atomic mass is 10.1. The standard InChI is InChI=1S/C16H13F3N4O7S/c1-4-5-22-10-7-9(8(17)6-11(10)30-16(18,19)12(22)24)23-13(25)20(2)15(31(27,28)29)21(3)14(23)26/h1,6-7,15H,5H2,2-3H3,(H,27,28,29). The van der Waals surface area contributed by atoms with Gasteiger partial charge in [0.25, 0.3) is 0 Å². The van der Waals surface area contributed by atoms with E-state index in [0.29, 0.717) is 26.8 Å². The molecular weight excluding hydrogens is 449 g/mol. The Morgan fingerprint density at radius 3 is 2.19 bits per heavy atom. The van der Waals surface area contributed by atoms with Gasteiger partial charge in [-0.3, -0.25) is 24.0 Å². The predicted octanol–water partition coefficient (Wildman–Crippen LogP) is 0.872. The van der Waals surface area contributed by atoms with Crippen LogP contribution in [0.25, 0.3) is 0 Å². The van der Waals surface area contributed by atoms with E-state index >= 15 is 0 Å². The third kappa shape index (κ3) is 3.39. The summed E-state index contributed by atoms with van der Waals surface area (Å²) in [5.74, 6) is -2.03. The lowest BCUT2D eigenvalue weighted by Gasteiger charge is -2.42. The highest BCUT2D eigenvalue weighted by molar-refractivity contribution is 7.86. The zero-order chi connectivity index (χ0) is 23.5. The van der Waals surface area contributed by atoms with Gasteiger partial charge in [-0.05, 0) is 6.07 Å². The van der Waals surface area contributed by atoms with Gasteiger partial charge in [-0.15, -0.1) is 6.42 Å². The van der Waals surface area contributed by atoms with Crippen molar-refractivity contribution in [3.05, 3.63) is 17.9 Å². The van der Waals surface area contributed by atoms with E-state index in [-0.39, 0.29) is 4.90 Å². The Bertz CT molecular complexity index is 1130. The van der Waals surface area contributed by atoms with Crippen LogP contribution in [0.3, 0.4) is 0 Å². The van der Waals surface area contributed by atoms with Crippen LogP contribution >= 0.6 is 0 Å². The van der Waals surface area contributed by atoms with E-state index in [1.807, 2.05) is 5.92 Å². The van der Waals surface area contributed by atoms with Gasteiger partial charge in [0.15, 0.2) is 11.6 Å². The number of carbonyl (C=O) groups is 3. The number of rotatable bonds is 3. The number of halogens is 3. The van der Waals surface area contributed by atoms with Gasteiger partial charge in [0, 0.05) is 20.2 Å². The second-order valence-electron chi connectivity index (χ2n) is 6.45. The van der Waals surface area contributed by atoms with Crippen molar-refractivity contribution in [2.75, 3.05) is 30.4 Å². The maximum absolute atomic E-state index is 14.7. The molecule has 5 amide bonds. The van der Waals surface area contributed by atoms with Crippen LogP contribution in [0.2, 0.25) is 0 Å². The van der Waals surface area contributed by atoms with E-state index in [1.54, 1.807) is 0 Å². The van der Waals surface area contributed by atoms with E-state index in [0.717, 1.165) is 14.1 Å². The number of terminal acetylenes is 1. The van der Waals surface area contributed by atoms with Crippen molar-refractivity contribution in [2.24, 2.45) is 0 Å². The van der Waals surface area contributed by atoms with Crippen LogP contribution in [-0.4, -0.2) is 73.0 Å². The molecule has 2 aliphatic heterocycles. The molecule has 1 aromatic carbocycles. The fraction of sp³-hybridized carbons (Fsp3) is 0.312. The maximum Gasteiger partial charge on any atom is 0.483 e. The summed E-state index contributed by atoms with van der Waals surface area (Å²) in [6.45, 7) is -0.664. The number of hydrogen-bond donors (Lipinski definition) is 1. The Kier molecular flexibility index (Phi) is 5.03. The molecule has 1 N–H and O–H groups in total. The summed E-state index contributed by atoms with van der Waals surface area (Å²) in [5.41, 5.74) is -3.34. The van der Waals surface area contributed by atoms with Gasteiger partial charge in [-0.25, -0.2) is 18.9 Å². The molecule has 1 fully saturated rings. The van der Waals surface area contributed by atoms with Crippen molar-refractivity contribution in [1.29, 1.82) is 0 Å². The van der Waals surface area contributed by atoms with Crippen LogP contribution in [0.4, 0.5) is 34.1 Å². The molecule has 2 aliphatic rings. The van der Waals surface area contributed by atoms with Crippen molar-refractivity contribution in [2.45, 2.75) is 11.6 Å². The third-order valence-corrected chi connectivity index (χ3v) is 5.62. The first-order valence-electron chi connectivity index (χ1n) is 8.18. The van der Waals surface area contributed by atoms with Crippen molar-refractivity contribution in [3.8, 4) is 18.1 Å². The molecule has 31 heavy (non-hydrogen) atoms. The van der Waals surface area contributed by atoms with Gasteiger partial charge in [-0.2, -0.15) is 17.2 Å². The molecule has 166 valence electrons. The number of benzene rings is 1. The van der Waals surface area contributed by atoms with Crippen LogP contribution in [-0.2, 0) is 14.9 Å². The number of nitrogens with zero attached hydrogens (tertiary/aromatic N) is 4. The first-order chi connectivity index (χ1) is 14.2. The molecule has 0 bridgehead atoms. The number of ether oxygens (including phenoxy) is 1. The molecule has 3 rings (SSSR count).